The molecular formula is C33H52N2O7. The summed E-state index contributed by atoms with van der Waals surface area (Å²) in [7, 11) is 1.74. The number of amides is 1. The van der Waals surface area contributed by atoms with Crippen LogP contribution in [0.15, 0.2) is 42.2 Å². The van der Waals surface area contributed by atoms with Crippen molar-refractivity contribution in [3.63, 3.8) is 0 Å². The Bertz CT molecular complexity index is 995. The van der Waals surface area contributed by atoms with Crippen LogP contribution in [0, 0.1) is 0 Å². The first-order valence-electron chi connectivity index (χ1n) is 15.6. The van der Waals surface area contributed by atoms with Gasteiger partial charge in [0.2, 0.25) is 5.91 Å². The molecule has 0 aromatic heterocycles. The Labute approximate surface area is 252 Å². The maximum Gasteiger partial charge on any atom is 0.220 e. The Kier molecular flexibility index (Phi) is 17.6. The number of likely N-dealkylation sites (tertiary alicyclic amines) is 1. The number of carbonyl (C=O) groups is 2. The summed E-state index contributed by atoms with van der Waals surface area (Å²) in [6.07, 6.45) is 12.2. The highest BCUT2D eigenvalue weighted by Crippen LogP contribution is 2.31. The van der Waals surface area contributed by atoms with Crippen molar-refractivity contribution in [1.82, 2.24) is 10.2 Å². The number of carbonyl (C=O) groups excluding carboxylic acids is 2. The Morgan fingerprint density at radius 3 is 2.64 bits per heavy atom. The van der Waals surface area contributed by atoms with Crippen LogP contribution in [0.4, 0.5) is 0 Å². The van der Waals surface area contributed by atoms with E-state index >= 15 is 0 Å². The minimum absolute atomic E-state index is 0.0320. The summed E-state index contributed by atoms with van der Waals surface area (Å²) in [4.78, 5) is 31.7. The number of Topliss-reactive ketones (excluding diaryl/α,β-unsaturated/α-hetero) is 1. The van der Waals surface area contributed by atoms with Gasteiger partial charge in [0.25, 0.3) is 0 Å². The molecule has 1 amide bonds. The Hall–Kier alpha value is -2.88. The molecule has 1 saturated heterocycles. The fourth-order valence-electron chi connectivity index (χ4n) is 5.29. The molecule has 2 N–H and O–H groups in total. The van der Waals surface area contributed by atoms with Gasteiger partial charge >= 0.3 is 0 Å². The summed E-state index contributed by atoms with van der Waals surface area (Å²) < 4.78 is 16.9. The summed E-state index contributed by atoms with van der Waals surface area (Å²) in [5.74, 6) is 2.04. The highest BCUT2D eigenvalue weighted by molar-refractivity contribution is 5.79. The first-order chi connectivity index (χ1) is 20.5. The second-order valence-corrected chi connectivity index (χ2v) is 10.5. The Morgan fingerprint density at radius 2 is 1.90 bits per heavy atom. The van der Waals surface area contributed by atoms with Crippen molar-refractivity contribution in [3.05, 3.63) is 47.7 Å². The minimum atomic E-state index is -0.0320. The van der Waals surface area contributed by atoms with Gasteiger partial charge in [-0.25, -0.2) is 5.26 Å². The summed E-state index contributed by atoms with van der Waals surface area (Å²) in [5, 5.41) is 12.1. The van der Waals surface area contributed by atoms with Crippen LogP contribution in [0.1, 0.15) is 84.1 Å². The molecule has 0 radical (unpaired) electrons. The molecule has 236 valence electrons. The Morgan fingerprint density at radius 1 is 1.14 bits per heavy atom. The minimum Gasteiger partial charge on any atom is -0.486 e. The predicted molar refractivity (Wildman–Crippen MR) is 165 cm³/mol. The van der Waals surface area contributed by atoms with Gasteiger partial charge < -0.3 is 24.4 Å². The molecule has 1 unspecified atom stereocenters. The molecule has 1 aromatic carbocycles. The molecule has 0 bridgehead atoms. The predicted octanol–water partition coefficient (Wildman–Crippen LogP) is 5.87. The zero-order valence-electron chi connectivity index (χ0n) is 26.1. The van der Waals surface area contributed by atoms with E-state index in [0.717, 1.165) is 68.7 Å². The molecule has 0 saturated carbocycles. The third-order valence-corrected chi connectivity index (χ3v) is 7.26. The number of rotatable bonds is 18. The summed E-state index contributed by atoms with van der Waals surface area (Å²) in [6.45, 7) is 9.52. The molecule has 0 spiro atoms. The number of hydrogen-bond acceptors (Lipinski definition) is 8. The average Bonchev–Trinajstić information content (AvgIpc) is 3.43. The number of ketones is 1. The van der Waals surface area contributed by atoms with Crippen LogP contribution in [0.2, 0.25) is 0 Å². The number of ether oxygens (including phenoxy) is 3. The summed E-state index contributed by atoms with van der Waals surface area (Å²) in [5.41, 5.74) is 1.10. The lowest BCUT2D eigenvalue weighted by molar-refractivity contribution is -0.198. The van der Waals surface area contributed by atoms with Gasteiger partial charge in [-0.15, -0.1) is 0 Å². The number of benzene rings is 1. The van der Waals surface area contributed by atoms with Crippen molar-refractivity contribution in [2.75, 3.05) is 40.0 Å². The topological polar surface area (TPSA) is 107 Å². The van der Waals surface area contributed by atoms with E-state index in [1.54, 1.807) is 25.3 Å². The van der Waals surface area contributed by atoms with Crippen LogP contribution in [-0.2, 0) is 25.6 Å². The van der Waals surface area contributed by atoms with Crippen molar-refractivity contribution in [2.45, 2.75) is 97.1 Å². The molecule has 2 heterocycles. The second-order valence-electron chi connectivity index (χ2n) is 10.5. The van der Waals surface area contributed by atoms with Crippen LogP contribution in [0.3, 0.4) is 0 Å². The lowest BCUT2D eigenvalue weighted by atomic mass is 10.0. The van der Waals surface area contributed by atoms with E-state index in [-0.39, 0.29) is 17.7 Å². The summed E-state index contributed by atoms with van der Waals surface area (Å²) >= 11 is 0. The van der Waals surface area contributed by atoms with Gasteiger partial charge in [0.1, 0.15) is 19.0 Å². The van der Waals surface area contributed by atoms with Gasteiger partial charge in [0.15, 0.2) is 17.3 Å². The van der Waals surface area contributed by atoms with Gasteiger partial charge in [-0.05, 0) is 74.9 Å². The fourth-order valence-corrected chi connectivity index (χ4v) is 5.29. The van der Waals surface area contributed by atoms with E-state index in [0.29, 0.717) is 57.3 Å². The normalized spacial score (nSPS) is 17.5. The first kappa shape index (κ1) is 35.3. The zero-order valence-corrected chi connectivity index (χ0v) is 26.1. The molecule has 1 aromatic rings. The van der Waals surface area contributed by atoms with Crippen molar-refractivity contribution in [1.29, 1.82) is 0 Å². The van der Waals surface area contributed by atoms with Crippen LogP contribution in [0.25, 0.3) is 0 Å². The number of nitrogens with zero attached hydrogens (tertiary/aromatic N) is 1. The quantitative estimate of drug-likeness (QED) is 0.0721. The largest absolute Gasteiger partial charge is 0.486 e. The van der Waals surface area contributed by atoms with E-state index in [1.807, 2.05) is 39.0 Å². The number of nitrogens with one attached hydrogen (secondary N) is 1. The highest BCUT2D eigenvalue weighted by atomic mass is 17.1. The van der Waals surface area contributed by atoms with Crippen LogP contribution >= 0.6 is 0 Å². The van der Waals surface area contributed by atoms with Crippen LogP contribution in [-0.4, -0.2) is 74.0 Å². The average molecular weight is 589 g/mol. The summed E-state index contributed by atoms with van der Waals surface area (Å²) in [6, 6.07) is 6.37. The Balaban J connectivity index is 0.00000301. The number of allylic oxidation sites excluding steroid dienone is 3. The molecule has 2 aliphatic rings. The molecule has 0 aliphatic carbocycles. The lowest BCUT2D eigenvalue weighted by Gasteiger charge is -2.29. The van der Waals surface area contributed by atoms with Crippen molar-refractivity contribution < 1.29 is 33.9 Å². The highest BCUT2D eigenvalue weighted by Gasteiger charge is 2.27. The standard InChI is InChI=1S/C31H46N2O7.C2H6/c1-3-9-28(40-36)13-7-12-27(34)11-5-4-6-14-31(35)32-25(22-33-17-8-10-26(33)23-37-2)20-24-15-16-29-30(21-24)39-19-18-38-29;1-2/h7,9,13,15-16,21,25-26,36H,3-6,8,10-12,14,17-20,22-23H2,1-2H3,(H,32,35);1-2H3/b13-7-,28-9+;/t25-,26?;/m0./s1. The van der Waals surface area contributed by atoms with Crippen molar-refractivity contribution in [2.24, 2.45) is 0 Å². The lowest BCUT2D eigenvalue weighted by Crippen LogP contribution is -2.47. The van der Waals surface area contributed by atoms with E-state index in [9.17, 15) is 9.59 Å². The first-order valence-corrected chi connectivity index (χ1v) is 15.6. The number of methoxy groups -OCH3 is 1. The molecule has 9 nitrogen and oxygen atoms in total. The van der Waals surface area contributed by atoms with Crippen molar-refractivity contribution >= 4 is 11.7 Å². The van der Waals surface area contributed by atoms with Crippen LogP contribution in [0.5, 0.6) is 11.5 Å². The molecule has 2 atom stereocenters. The van der Waals surface area contributed by atoms with E-state index in [4.69, 9.17) is 19.5 Å². The number of unbranched alkanes of at least 4 members (excludes halogenated alkanes) is 2. The van der Waals surface area contributed by atoms with E-state index in [1.165, 1.54) is 0 Å². The SMILES string of the molecule is CC.CC/C=C(\C=C/CC(=O)CCCCCC(=O)N[C@@H](Cc1ccc2c(c1)OCCO2)CN1CCCC1COC)OO. The zero-order chi connectivity index (χ0) is 30.6. The van der Waals surface area contributed by atoms with Crippen LogP contribution < -0.4 is 14.8 Å². The second kappa shape index (κ2) is 20.9. The molecule has 42 heavy (non-hydrogen) atoms. The number of hydrogen-bond donors (Lipinski definition) is 2. The molecular weight excluding hydrogens is 536 g/mol. The third-order valence-electron chi connectivity index (χ3n) is 7.26. The smallest absolute Gasteiger partial charge is 0.220 e. The van der Waals surface area contributed by atoms with Gasteiger partial charge in [-0.1, -0.05) is 39.3 Å². The van der Waals surface area contributed by atoms with Gasteiger partial charge in [0.05, 0.1) is 6.61 Å². The van der Waals surface area contributed by atoms with Gasteiger partial charge in [-0.2, -0.15) is 0 Å². The van der Waals surface area contributed by atoms with E-state index < -0.39 is 0 Å². The fraction of sp³-hybridized carbons (Fsp3) is 0.636. The van der Waals surface area contributed by atoms with Gasteiger partial charge in [0, 0.05) is 45.0 Å². The third kappa shape index (κ3) is 13.0. The molecule has 2 aliphatic heterocycles. The maximum absolute atomic E-state index is 12.9. The molecule has 3 rings (SSSR count). The van der Waals surface area contributed by atoms with E-state index in [2.05, 4.69) is 15.1 Å². The molecule has 9 heteroatoms. The van der Waals surface area contributed by atoms with Gasteiger partial charge in [-0.3, -0.25) is 14.5 Å². The van der Waals surface area contributed by atoms with Crippen molar-refractivity contribution in [3.8, 4) is 11.5 Å². The monoisotopic (exact) mass is 588 g/mol. The number of fused-ring (bicyclic) bond motifs is 1. The maximum atomic E-state index is 12.9. The molecule has 1 fully saturated rings.